The van der Waals surface area contributed by atoms with Gasteiger partial charge in [-0.15, -0.1) is 0 Å². The molecule has 0 aromatic carbocycles. The molecule has 17 heavy (non-hydrogen) atoms. The van der Waals surface area contributed by atoms with Crippen molar-refractivity contribution in [2.45, 2.75) is 13.8 Å². The van der Waals surface area contributed by atoms with Crippen molar-refractivity contribution in [2.24, 2.45) is 17.3 Å². The van der Waals surface area contributed by atoms with Gasteiger partial charge in [0.15, 0.2) is 0 Å². The molecule has 2 rings (SSSR count). The Hall–Kier alpha value is -1.98. The first-order valence-electron chi connectivity index (χ1n) is 5.25. The first-order chi connectivity index (χ1) is 7.94. The molecule has 6 heteroatoms. The van der Waals surface area contributed by atoms with Crippen LogP contribution >= 0.6 is 0 Å². The van der Waals surface area contributed by atoms with Gasteiger partial charge in [0.25, 0.3) is 0 Å². The molecule has 1 aromatic heterocycles. The Kier molecular flexibility index (Phi) is 2.57. The van der Waals surface area contributed by atoms with E-state index in [9.17, 15) is 9.59 Å². The van der Waals surface area contributed by atoms with Gasteiger partial charge < -0.3 is 5.11 Å². The molecule has 0 unspecified atom stereocenters. The van der Waals surface area contributed by atoms with E-state index in [-0.39, 0.29) is 11.9 Å². The number of nitrogens with one attached hydrogen (secondary N) is 1. The number of amides is 1. The molecule has 1 aliphatic rings. The van der Waals surface area contributed by atoms with Crippen LogP contribution in [0.2, 0.25) is 0 Å². The van der Waals surface area contributed by atoms with Gasteiger partial charge in [-0.25, -0.2) is 9.97 Å². The molecule has 6 nitrogen and oxygen atoms in total. The molecule has 0 bridgehead atoms. The number of nitrogens with zero attached hydrogens (tertiary/aromatic N) is 2. The number of carboxylic acid groups (broad SMARTS) is 1. The molecular formula is C11H13N3O3. The third kappa shape index (κ3) is 1.98. The molecule has 2 N–H and O–H groups in total. The highest BCUT2D eigenvalue weighted by atomic mass is 16.4. The van der Waals surface area contributed by atoms with Gasteiger partial charge in [-0.2, -0.15) is 0 Å². The van der Waals surface area contributed by atoms with E-state index in [1.165, 1.54) is 12.4 Å². The standard InChI is InChI=1S/C11H13N3O3/c1-11(2)6(7(11)9(16)17)8(15)14-10-12-4-3-5-13-10/h3-7H,1-2H3,(H,16,17)(H,12,13,14,15)/t6-,7+/m1/s1. The lowest BCUT2D eigenvalue weighted by Crippen LogP contribution is -2.19. The smallest absolute Gasteiger partial charge is 0.307 e. The Bertz CT molecular complexity index is 458. The van der Waals surface area contributed by atoms with Gasteiger partial charge in [0.1, 0.15) is 0 Å². The second kappa shape index (κ2) is 3.80. The topological polar surface area (TPSA) is 92.2 Å². The van der Waals surface area contributed by atoms with Crippen molar-refractivity contribution in [2.75, 3.05) is 5.32 Å². The Morgan fingerprint density at radius 2 is 1.88 bits per heavy atom. The normalized spacial score (nSPS) is 25.1. The fourth-order valence-electron chi connectivity index (χ4n) is 2.14. The fourth-order valence-corrected chi connectivity index (χ4v) is 2.14. The number of anilines is 1. The lowest BCUT2D eigenvalue weighted by atomic mass is 10.1. The summed E-state index contributed by atoms with van der Waals surface area (Å²) in [5.74, 6) is -2.24. The molecule has 1 fully saturated rings. The molecule has 1 aromatic rings. The monoisotopic (exact) mass is 235 g/mol. The first kappa shape index (κ1) is 11.5. The average molecular weight is 235 g/mol. The summed E-state index contributed by atoms with van der Waals surface area (Å²) in [5.41, 5.74) is -0.509. The molecule has 90 valence electrons. The predicted molar refractivity (Wildman–Crippen MR) is 59.1 cm³/mol. The number of rotatable bonds is 3. The molecule has 0 radical (unpaired) electrons. The van der Waals surface area contributed by atoms with Crippen LogP contribution in [-0.4, -0.2) is 27.0 Å². The van der Waals surface area contributed by atoms with Gasteiger partial charge in [0, 0.05) is 12.4 Å². The van der Waals surface area contributed by atoms with E-state index < -0.39 is 23.2 Å². The van der Waals surface area contributed by atoms with Crippen molar-refractivity contribution in [3.8, 4) is 0 Å². The molecule has 0 aliphatic heterocycles. The van der Waals surface area contributed by atoms with Crippen LogP contribution in [0, 0.1) is 17.3 Å². The van der Waals surface area contributed by atoms with Gasteiger partial charge in [-0.3, -0.25) is 14.9 Å². The minimum absolute atomic E-state index is 0.198. The Morgan fingerprint density at radius 1 is 1.29 bits per heavy atom. The second-order valence-electron chi connectivity index (χ2n) is 4.68. The third-order valence-electron chi connectivity index (χ3n) is 3.18. The molecule has 0 spiro atoms. The van der Waals surface area contributed by atoms with Crippen LogP contribution in [-0.2, 0) is 9.59 Å². The number of hydrogen-bond acceptors (Lipinski definition) is 4. The van der Waals surface area contributed by atoms with Gasteiger partial charge in [-0.05, 0) is 11.5 Å². The summed E-state index contributed by atoms with van der Waals surface area (Å²) in [7, 11) is 0. The average Bonchev–Trinajstić information content (AvgIpc) is 2.83. The number of carboxylic acids is 1. The number of carbonyl (C=O) groups is 2. The fraction of sp³-hybridized carbons (Fsp3) is 0.455. The van der Waals surface area contributed by atoms with Gasteiger partial charge >= 0.3 is 5.97 Å². The number of aromatic nitrogens is 2. The Morgan fingerprint density at radius 3 is 2.35 bits per heavy atom. The predicted octanol–water partition coefficient (Wildman–Crippen LogP) is 0.772. The minimum Gasteiger partial charge on any atom is -0.481 e. The zero-order valence-corrected chi connectivity index (χ0v) is 9.54. The van der Waals surface area contributed by atoms with Crippen molar-refractivity contribution in [3.05, 3.63) is 18.5 Å². The van der Waals surface area contributed by atoms with Gasteiger partial charge in [-0.1, -0.05) is 13.8 Å². The molecule has 1 amide bonds. The van der Waals surface area contributed by atoms with E-state index in [2.05, 4.69) is 15.3 Å². The highest BCUT2D eigenvalue weighted by Gasteiger charge is 2.65. The van der Waals surface area contributed by atoms with Crippen molar-refractivity contribution in [1.29, 1.82) is 0 Å². The summed E-state index contributed by atoms with van der Waals surface area (Å²) in [6.45, 7) is 3.53. The highest BCUT2D eigenvalue weighted by Crippen LogP contribution is 2.58. The van der Waals surface area contributed by atoms with Crippen molar-refractivity contribution in [1.82, 2.24) is 9.97 Å². The molecule has 1 heterocycles. The molecule has 2 atom stereocenters. The van der Waals surface area contributed by atoms with Crippen LogP contribution in [0.15, 0.2) is 18.5 Å². The highest BCUT2D eigenvalue weighted by molar-refractivity contribution is 5.98. The van der Waals surface area contributed by atoms with E-state index in [1.54, 1.807) is 19.9 Å². The van der Waals surface area contributed by atoms with Crippen molar-refractivity contribution in [3.63, 3.8) is 0 Å². The summed E-state index contributed by atoms with van der Waals surface area (Å²) in [5, 5.41) is 11.5. The van der Waals surface area contributed by atoms with E-state index in [4.69, 9.17) is 5.11 Å². The van der Waals surface area contributed by atoms with E-state index >= 15 is 0 Å². The number of hydrogen-bond donors (Lipinski definition) is 2. The first-order valence-corrected chi connectivity index (χ1v) is 5.25. The van der Waals surface area contributed by atoms with E-state index in [1.807, 2.05) is 0 Å². The van der Waals surface area contributed by atoms with Crippen LogP contribution in [0.4, 0.5) is 5.95 Å². The van der Waals surface area contributed by atoms with Crippen LogP contribution in [0.25, 0.3) is 0 Å². The Labute approximate surface area is 98.1 Å². The quantitative estimate of drug-likeness (QED) is 0.807. The summed E-state index contributed by atoms with van der Waals surface area (Å²) in [6, 6.07) is 1.64. The summed E-state index contributed by atoms with van der Waals surface area (Å²) >= 11 is 0. The third-order valence-corrected chi connectivity index (χ3v) is 3.18. The van der Waals surface area contributed by atoms with Crippen molar-refractivity contribution < 1.29 is 14.7 Å². The maximum atomic E-state index is 11.9. The maximum absolute atomic E-state index is 11.9. The lowest BCUT2D eigenvalue weighted by molar-refractivity contribution is -0.140. The lowest BCUT2D eigenvalue weighted by Gasteiger charge is -2.03. The SMILES string of the molecule is CC1(C)[C@H](C(=O)O)[C@@H]1C(=O)Nc1ncccn1. The molecule has 1 saturated carbocycles. The summed E-state index contributed by atoms with van der Waals surface area (Å²) < 4.78 is 0. The molecular weight excluding hydrogens is 222 g/mol. The Balaban J connectivity index is 2.06. The maximum Gasteiger partial charge on any atom is 0.307 e. The molecule has 0 saturated heterocycles. The zero-order valence-electron chi connectivity index (χ0n) is 9.54. The minimum atomic E-state index is -0.941. The van der Waals surface area contributed by atoms with Crippen LogP contribution in [0.3, 0.4) is 0 Å². The van der Waals surface area contributed by atoms with E-state index in [0.29, 0.717) is 0 Å². The molecule has 1 aliphatic carbocycles. The van der Waals surface area contributed by atoms with Crippen LogP contribution in [0.1, 0.15) is 13.8 Å². The largest absolute Gasteiger partial charge is 0.481 e. The number of aliphatic carboxylic acids is 1. The summed E-state index contributed by atoms with van der Waals surface area (Å²) in [6.07, 6.45) is 3.02. The van der Waals surface area contributed by atoms with Gasteiger partial charge in [0.2, 0.25) is 11.9 Å². The van der Waals surface area contributed by atoms with Crippen LogP contribution < -0.4 is 5.32 Å². The van der Waals surface area contributed by atoms with Gasteiger partial charge in [0.05, 0.1) is 11.8 Å². The zero-order chi connectivity index (χ0) is 12.6. The second-order valence-corrected chi connectivity index (χ2v) is 4.68. The number of carbonyl (C=O) groups excluding carboxylic acids is 1. The van der Waals surface area contributed by atoms with Crippen LogP contribution in [0.5, 0.6) is 0 Å². The summed E-state index contributed by atoms with van der Waals surface area (Å²) in [4.78, 5) is 30.5. The van der Waals surface area contributed by atoms with E-state index in [0.717, 1.165) is 0 Å². The van der Waals surface area contributed by atoms with Crippen molar-refractivity contribution >= 4 is 17.8 Å².